The molecule has 4 rings (SSSR count). The van der Waals surface area contributed by atoms with Crippen LogP contribution in [-0.2, 0) is 11.3 Å². The molecule has 0 saturated carbocycles. The number of carbonyl (C=O) groups is 2. The molecule has 188 valence electrons. The Morgan fingerprint density at radius 1 is 1.11 bits per heavy atom. The number of ether oxygens (including phenoxy) is 2. The SMILES string of the molecule is Cc1cc(C(=O)c2ccccc2OCCN2CCOCC2)n(C/C=C/c2ccc(Cl)cc2C(=O)O)c1. The lowest BCUT2D eigenvalue weighted by Crippen LogP contribution is -2.38. The Morgan fingerprint density at radius 3 is 2.67 bits per heavy atom. The summed E-state index contributed by atoms with van der Waals surface area (Å²) in [6.07, 6.45) is 5.46. The minimum absolute atomic E-state index is 0.127. The van der Waals surface area contributed by atoms with Crippen LogP contribution in [0.25, 0.3) is 6.08 Å². The van der Waals surface area contributed by atoms with Gasteiger partial charge in [0.25, 0.3) is 0 Å². The molecule has 1 saturated heterocycles. The first kappa shape index (κ1) is 25.7. The van der Waals surface area contributed by atoms with E-state index in [9.17, 15) is 14.7 Å². The molecule has 0 radical (unpaired) electrons. The lowest BCUT2D eigenvalue weighted by molar-refractivity contribution is 0.0322. The van der Waals surface area contributed by atoms with Crippen molar-refractivity contribution in [2.75, 3.05) is 39.5 Å². The predicted octanol–water partition coefficient (Wildman–Crippen LogP) is 4.80. The van der Waals surface area contributed by atoms with Crippen molar-refractivity contribution < 1.29 is 24.2 Å². The van der Waals surface area contributed by atoms with E-state index in [1.54, 1.807) is 24.3 Å². The lowest BCUT2D eigenvalue weighted by atomic mass is 10.1. The first-order valence-corrected chi connectivity index (χ1v) is 12.2. The molecule has 0 spiro atoms. The van der Waals surface area contributed by atoms with Crippen molar-refractivity contribution in [3.8, 4) is 5.75 Å². The van der Waals surface area contributed by atoms with Gasteiger partial charge in [-0.05, 0) is 48.4 Å². The minimum Gasteiger partial charge on any atom is -0.491 e. The number of aromatic nitrogens is 1. The van der Waals surface area contributed by atoms with E-state index in [1.807, 2.05) is 48.0 Å². The molecule has 8 heteroatoms. The van der Waals surface area contributed by atoms with Gasteiger partial charge >= 0.3 is 5.97 Å². The monoisotopic (exact) mass is 508 g/mol. The summed E-state index contributed by atoms with van der Waals surface area (Å²) in [6, 6.07) is 13.9. The molecule has 1 N–H and O–H groups in total. The van der Waals surface area contributed by atoms with Gasteiger partial charge in [-0.15, -0.1) is 0 Å². The van der Waals surface area contributed by atoms with Crippen molar-refractivity contribution >= 4 is 29.4 Å². The fourth-order valence-corrected chi connectivity index (χ4v) is 4.35. The fourth-order valence-electron chi connectivity index (χ4n) is 4.18. The molecule has 2 heterocycles. The number of ketones is 1. The molecule has 2 aromatic carbocycles. The normalized spacial score (nSPS) is 14.3. The molecule has 0 atom stereocenters. The highest BCUT2D eigenvalue weighted by Gasteiger charge is 2.19. The van der Waals surface area contributed by atoms with E-state index in [-0.39, 0.29) is 11.3 Å². The standard InChI is InChI=1S/C28H29ClN2O5/c1-20-17-25(31(19-20)10-4-5-21-8-9-22(29)18-24(21)28(33)34)27(32)23-6-2-3-7-26(23)36-16-13-30-11-14-35-15-12-30/h2-9,17-19H,10-16H2,1H3,(H,33,34)/b5-4+. The summed E-state index contributed by atoms with van der Waals surface area (Å²) in [4.78, 5) is 27.4. The van der Waals surface area contributed by atoms with Gasteiger partial charge in [0.05, 0.1) is 30.0 Å². The number of rotatable bonds is 10. The number of morpholine rings is 1. The second-order valence-electron chi connectivity index (χ2n) is 8.62. The number of allylic oxidation sites excluding steroid dienone is 1. The quantitative estimate of drug-likeness (QED) is 0.396. The number of carbonyl (C=O) groups excluding carboxylic acids is 1. The van der Waals surface area contributed by atoms with Crippen LogP contribution in [0.3, 0.4) is 0 Å². The maximum Gasteiger partial charge on any atom is 0.336 e. The van der Waals surface area contributed by atoms with Crippen molar-refractivity contribution in [3.63, 3.8) is 0 Å². The van der Waals surface area contributed by atoms with Crippen LogP contribution < -0.4 is 4.74 Å². The highest BCUT2D eigenvalue weighted by atomic mass is 35.5. The Balaban J connectivity index is 1.48. The summed E-state index contributed by atoms with van der Waals surface area (Å²) >= 11 is 5.94. The number of hydrogen-bond donors (Lipinski definition) is 1. The van der Waals surface area contributed by atoms with E-state index < -0.39 is 5.97 Å². The molecule has 0 amide bonds. The maximum atomic E-state index is 13.5. The molecule has 0 bridgehead atoms. The van der Waals surface area contributed by atoms with Crippen molar-refractivity contribution in [2.24, 2.45) is 0 Å². The molecule has 0 aliphatic carbocycles. The van der Waals surface area contributed by atoms with Crippen molar-refractivity contribution in [1.29, 1.82) is 0 Å². The van der Waals surface area contributed by atoms with Gasteiger partial charge in [-0.3, -0.25) is 9.69 Å². The summed E-state index contributed by atoms with van der Waals surface area (Å²) in [7, 11) is 0. The molecule has 3 aromatic rings. The molecular formula is C28H29ClN2O5. The second-order valence-corrected chi connectivity index (χ2v) is 9.06. The maximum absolute atomic E-state index is 13.5. The minimum atomic E-state index is -1.05. The van der Waals surface area contributed by atoms with Crippen LogP contribution in [0.1, 0.15) is 37.5 Å². The van der Waals surface area contributed by atoms with E-state index in [4.69, 9.17) is 21.1 Å². The van der Waals surface area contributed by atoms with Gasteiger partial charge < -0.3 is 19.1 Å². The highest BCUT2D eigenvalue weighted by molar-refractivity contribution is 6.31. The summed E-state index contributed by atoms with van der Waals surface area (Å²) in [5.74, 6) is -0.616. The van der Waals surface area contributed by atoms with E-state index in [0.29, 0.717) is 40.7 Å². The van der Waals surface area contributed by atoms with Crippen LogP contribution in [0.5, 0.6) is 5.75 Å². The van der Waals surface area contributed by atoms with E-state index in [2.05, 4.69) is 4.90 Å². The van der Waals surface area contributed by atoms with Gasteiger partial charge in [0.1, 0.15) is 12.4 Å². The molecule has 1 aromatic heterocycles. The van der Waals surface area contributed by atoms with Crippen molar-refractivity contribution in [1.82, 2.24) is 9.47 Å². The number of hydrogen-bond acceptors (Lipinski definition) is 5. The summed E-state index contributed by atoms with van der Waals surface area (Å²) in [5, 5.41) is 9.82. The number of para-hydroxylation sites is 1. The highest BCUT2D eigenvalue weighted by Crippen LogP contribution is 2.23. The van der Waals surface area contributed by atoms with Gasteiger partial charge in [-0.1, -0.05) is 42.0 Å². The van der Waals surface area contributed by atoms with E-state index in [0.717, 1.165) is 38.4 Å². The molecule has 7 nitrogen and oxygen atoms in total. The van der Waals surface area contributed by atoms with Crippen LogP contribution in [0, 0.1) is 6.92 Å². The van der Waals surface area contributed by atoms with Crippen LogP contribution in [-0.4, -0.2) is 65.8 Å². The smallest absolute Gasteiger partial charge is 0.336 e. The molecule has 1 aliphatic rings. The van der Waals surface area contributed by atoms with Crippen LogP contribution in [0.4, 0.5) is 0 Å². The third-order valence-electron chi connectivity index (χ3n) is 6.01. The van der Waals surface area contributed by atoms with Gasteiger partial charge in [-0.2, -0.15) is 0 Å². The summed E-state index contributed by atoms with van der Waals surface area (Å²) < 4.78 is 13.3. The van der Waals surface area contributed by atoms with Gasteiger partial charge in [0.2, 0.25) is 5.78 Å². The van der Waals surface area contributed by atoms with Crippen LogP contribution >= 0.6 is 11.6 Å². The number of carboxylic acid groups (broad SMARTS) is 1. The fraction of sp³-hybridized carbons (Fsp3) is 0.286. The third-order valence-corrected chi connectivity index (χ3v) is 6.25. The average molecular weight is 509 g/mol. The summed E-state index contributed by atoms with van der Waals surface area (Å²) in [6.45, 7) is 6.82. The Bertz CT molecular complexity index is 1260. The van der Waals surface area contributed by atoms with Crippen LogP contribution in [0.15, 0.2) is 60.8 Å². The number of aromatic carboxylic acids is 1. The zero-order valence-electron chi connectivity index (χ0n) is 20.2. The zero-order valence-corrected chi connectivity index (χ0v) is 20.9. The number of halogens is 1. The Labute approximate surface area is 215 Å². The second kappa shape index (κ2) is 12.0. The number of nitrogens with zero attached hydrogens (tertiary/aromatic N) is 2. The topological polar surface area (TPSA) is 81.0 Å². The molecule has 0 unspecified atom stereocenters. The molecular weight excluding hydrogens is 480 g/mol. The first-order valence-electron chi connectivity index (χ1n) is 11.8. The molecule has 1 fully saturated rings. The van der Waals surface area contributed by atoms with Gasteiger partial charge in [-0.25, -0.2) is 4.79 Å². The van der Waals surface area contributed by atoms with Crippen LogP contribution in [0.2, 0.25) is 5.02 Å². The van der Waals surface area contributed by atoms with E-state index in [1.165, 1.54) is 6.07 Å². The Hall–Kier alpha value is -3.39. The molecule has 36 heavy (non-hydrogen) atoms. The number of aryl methyl sites for hydroxylation is 1. The van der Waals surface area contributed by atoms with Gasteiger partial charge in [0.15, 0.2) is 0 Å². The molecule has 1 aliphatic heterocycles. The predicted molar refractivity (Wildman–Crippen MR) is 139 cm³/mol. The van der Waals surface area contributed by atoms with E-state index >= 15 is 0 Å². The lowest BCUT2D eigenvalue weighted by Gasteiger charge is -2.26. The number of carboxylic acids is 1. The van der Waals surface area contributed by atoms with Crippen molar-refractivity contribution in [2.45, 2.75) is 13.5 Å². The zero-order chi connectivity index (χ0) is 25.5. The Morgan fingerprint density at radius 2 is 1.89 bits per heavy atom. The number of benzene rings is 2. The Kier molecular flexibility index (Phi) is 8.59. The average Bonchev–Trinajstić information content (AvgIpc) is 3.25. The third kappa shape index (κ3) is 6.43. The van der Waals surface area contributed by atoms with Gasteiger partial charge in [0, 0.05) is 37.4 Å². The summed E-state index contributed by atoms with van der Waals surface area (Å²) in [5.41, 5.74) is 2.67. The first-order chi connectivity index (χ1) is 17.4. The largest absolute Gasteiger partial charge is 0.491 e. The van der Waals surface area contributed by atoms with Crippen molar-refractivity contribution in [3.05, 3.63) is 93.8 Å².